The van der Waals surface area contributed by atoms with E-state index in [4.69, 9.17) is 16.0 Å². The van der Waals surface area contributed by atoms with E-state index in [1.54, 1.807) is 18.4 Å². The van der Waals surface area contributed by atoms with E-state index in [1.165, 1.54) is 0 Å². The van der Waals surface area contributed by atoms with Crippen LogP contribution in [0.25, 0.3) is 11.0 Å². The number of furan rings is 1. The third-order valence-electron chi connectivity index (χ3n) is 3.75. The first-order valence-corrected chi connectivity index (χ1v) is 7.51. The molecule has 6 heteroatoms. The highest BCUT2D eigenvalue weighted by atomic mass is 35.5. The van der Waals surface area contributed by atoms with Crippen LogP contribution in [0.15, 0.2) is 41.0 Å². The molecule has 0 aliphatic heterocycles. The van der Waals surface area contributed by atoms with E-state index in [0.29, 0.717) is 17.3 Å². The highest BCUT2D eigenvalue weighted by molar-refractivity contribution is 6.31. The largest absolute Gasteiger partial charge is 0.467 e. The second kappa shape index (κ2) is 6.12. The molecule has 0 amide bonds. The molecule has 2 atom stereocenters. The van der Waals surface area contributed by atoms with Gasteiger partial charge in [0.2, 0.25) is 0 Å². The van der Waals surface area contributed by atoms with Crippen molar-refractivity contribution in [2.45, 2.75) is 19.1 Å². The van der Waals surface area contributed by atoms with Crippen LogP contribution < -0.4 is 5.32 Å². The van der Waals surface area contributed by atoms with E-state index < -0.39 is 6.10 Å². The van der Waals surface area contributed by atoms with Gasteiger partial charge in [-0.15, -0.1) is 0 Å². The van der Waals surface area contributed by atoms with E-state index in [1.807, 2.05) is 36.7 Å². The molecule has 5 nitrogen and oxygen atoms in total. The molecule has 22 heavy (non-hydrogen) atoms. The Labute approximate surface area is 133 Å². The van der Waals surface area contributed by atoms with Crippen molar-refractivity contribution in [3.05, 3.63) is 53.2 Å². The molecule has 0 saturated carbocycles. The standard InChI is InChI=1S/C16H18ClN3O2/c1-10(18-9-14(21)15-4-3-7-22-15)16-19-12-8-11(17)5-6-13(12)20(16)2/h3-8,10,14,18,21H,9H2,1-2H3/t10-,14-/m0/s1. The summed E-state index contributed by atoms with van der Waals surface area (Å²) in [5.74, 6) is 1.44. The Hall–Kier alpha value is -1.82. The number of aromatic nitrogens is 2. The molecule has 0 saturated heterocycles. The molecule has 2 heterocycles. The molecule has 2 aromatic heterocycles. The Kier molecular flexibility index (Phi) is 4.20. The lowest BCUT2D eigenvalue weighted by molar-refractivity contribution is 0.143. The van der Waals surface area contributed by atoms with Gasteiger partial charge in [-0.3, -0.25) is 0 Å². The molecule has 0 unspecified atom stereocenters. The number of hydrogen-bond acceptors (Lipinski definition) is 4. The van der Waals surface area contributed by atoms with E-state index in [9.17, 15) is 5.11 Å². The van der Waals surface area contributed by atoms with Crippen LogP contribution in [0.2, 0.25) is 5.02 Å². The molecule has 3 rings (SSSR count). The number of nitrogens with one attached hydrogen (secondary N) is 1. The summed E-state index contributed by atoms with van der Waals surface area (Å²) in [5.41, 5.74) is 1.89. The van der Waals surface area contributed by atoms with Gasteiger partial charge in [-0.1, -0.05) is 11.6 Å². The minimum atomic E-state index is -0.679. The second-order valence-corrected chi connectivity index (χ2v) is 5.76. The first kappa shape index (κ1) is 15.1. The molecule has 0 spiro atoms. The number of rotatable bonds is 5. The molecule has 0 fully saturated rings. The molecule has 0 aliphatic rings. The zero-order chi connectivity index (χ0) is 15.7. The third-order valence-corrected chi connectivity index (χ3v) is 3.99. The van der Waals surface area contributed by atoms with Crippen molar-refractivity contribution in [3.8, 4) is 0 Å². The lowest BCUT2D eigenvalue weighted by atomic mass is 10.2. The molecular formula is C16H18ClN3O2. The number of aliphatic hydroxyl groups is 1. The highest BCUT2D eigenvalue weighted by Gasteiger charge is 2.17. The summed E-state index contributed by atoms with van der Waals surface area (Å²) in [7, 11) is 1.97. The number of hydrogen-bond donors (Lipinski definition) is 2. The monoisotopic (exact) mass is 319 g/mol. The van der Waals surface area contributed by atoms with Crippen LogP contribution in [0.5, 0.6) is 0 Å². The van der Waals surface area contributed by atoms with Gasteiger partial charge < -0.3 is 19.4 Å². The summed E-state index contributed by atoms with van der Waals surface area (Å²) in [6.07, 6.45) is 0.874. The lowest BCUT2D eigenvalue weighted by Gasteiger charge is -2.16. The van der Waals surface area contributed by atoms with Gasteiger partial charge in [0.1, 0.15) is 17.7 Å². The summed E-state index contributed by atoms with van der Waals surface area (Å²) in [4.78, 5) is 4.62. The topological polar surface area (TPSA) is 63.2 Å². The molecule has 2 N–H and O–H groups in total. The predicted molar refractivity (Wildman–Crippen MR) is 85.8 cm³/mol. The zero-order valence-electron chi connectivity index (χ0n) is 12.5. The maximum Gasteiger partial charge on any atom is 0.133 e. The van der Waals surface area contributed by atoms with Crippen LogP contribution in [0.1, 0.15) is 30.7 Å². The molecule has 3 aromatic rings. The number of fused-ring (bicyclic) bond motifs is 1. The van der Waals surface area contributed by atoms with Crippen LogP contribution in [0.3, 0.4) is 0 Å². The average Bonchev–Trinajstić information content (AvgIpc) is 3.13. The maximum absolute atomic E-state index is 10.0. The van der Waals surface area contributed by atoms with Gasteiger partial charge in [0.15, 0.2) is 0 Å². The number of imidazole rings is 1. The van der Waals surface area contributed by atoms with Gasteiger partial charge in [-0.05, 0) is 37.3 Å². The first-order valence-electron chi connectivity index (χ1n) is 7.13. The smallest absolute Gasteiger partial charge is 0.133 e. The van der Waals surface area contributed by atoms with Gasteiger partial charge in [0, 0.05) is 18.6 Å². The minimum Gasteiger partial charge on any atom is -0.467 e. The quantitative estimate of drug-likeness (QED) is 0.758. The Bertz CT molecular complexity index is 767. The van der Waals surface area contributed by atoms with Crippen LogP contribution >= 0.6 is 11.6 Å². The Morgan fingerprint density at radius 2 is 2.23 bits per heavy atom. The highest BCUT2D eigenvalue weighted by Crippen LogP contribution is 2.23. The summed E-state index contributed by atoms with van der Waals surface area (Å²) in [6.45, 7) is 2.40. The van der Waals surface area contributed by atoms with Gasteiger partial charge in [-0.2, -0.15) is 0 Å². The molecule has 116 valence electrons. The average molecular weight is 320 g/mol. The maximum atomic E-state index is 10.0. The Balaban J connectivity index is 1.74. The fraction of sp³-hybridized carbons (Fsp3) is 0.312. The van der Waals surface area contributed by atoms with Crippen molar-refractivity contribution in [3.63, 3.8) is 0 Å². The molecule has 0 aliphatic carbocycles. The molecular weight excluding hydrogens is 302 g/mol. The molecule has 0 bridgehead atoms. The van der Waals surface area contributed by atoms with E-state index in [-0.39, 0.29) is 6.04 Å². The van der Waals surface area contributed by atoms with Crippen molar-refractivity contribution >= 4 is 22.6 Å². The Morgan fingerprint density at radius 3 is 2.95 bits per heavy atom. The van der Waals surface area contributed by atoms with Crippen LogP contribution in [-0.4, -0.2) is 21.2 Å². The number of nitrogens with zero attached hydrogens (tertiary/aromatic N) is 2. The fourth-order valence-corrected chi connectivity index (χ4v) is 2.71. The van der Waals surface area contributed by atoms with Crippen molar-refractivity contribution in [1.29, 1.82) is 0 Å². The third kappa shape index (κ3) is 2.88. The normalized spacial score (nSPS) is 14.4. The van der Waals surface area contributed by atoms with Crippen LogP contribution in [0, 0.1) is 0 Å². The lowest BCUT2D eigenvalue weighted by Crippen LogP contribution is -2.26. The van der Waals surface area contributed by atoms with Gasteiger partial charge >= 0.3 is 0 Å². The number of aryl methyl sites for hydroxylation is 1. The van der Waals surface area contributed by atoms with Gasteiger partial charge in [0.05, 0.1) is 23.3 Å². The number of aliphatic hydroxyl groups excluding tert-OH is 1. The molecule has 1 aromatic carbocycles. The zero-order valence-corrected chi connectivity index (χ0v) is 13.2. The van der Waals surface area contributed by atoms with E-state index in [2.05, 4.69) is 10.3 Å². The van der Waals surface area contributed by atoms with Crippen molar-refractivity contribution in [1.82, 2.24) is 14.9 Å². The van der Waals surface area contributed by atoms with E-state index >= 15 is 0 Å². The van der Waals surface area contributed by atoms with Crippen LogP contribution in [-0.2, 0) is 7.05 Å². The van der Waals surface area contributed by atoms with Crippen molar-refractivity contribution < 1.29 is 9.52 Å². The molecule has 0 radical (unpaired) electrons. The fourth-order valence-electron chi connectivity index (χ4n) is 2.54. The van der Waals surface area contributed by atoms with Gasteiger partial charge in [-0.25, -0.2) is 4.98 Å². The van der Waals surface area contributed by atoms with E-state index in [0.717, 1.165) is 16.9 Å². The van der Waals surface area contributed by atoms with Crippen LogP contribution in [0.4, 0.5) is 0 Å². The Morgan fingerprint density at radius 1 is 1.41 bits per heavy atom. The summed E-state index contributed by atoms with van der Waals surface area (Å²) in [5, 5.41) is 14.0. The number of benzene rings is 1. The summed E-state index contributed by atoms with van der Waals surface area (Å²) in [6, 6.07) is 9.17. The number of halogens is 1. The van der Waals surface area contributed by atoms with Crippen molar-refractivity contribution in [2.75, 3.05) is 6.54 Å². The second-order valence-electron chi connectivity index (χ2n) is 5.32. The summed E-state index contributed by atoms with van der Waals surface area (Å²) < 4.78 is 7.22. The summed E-state index contributed by atoms with van der Waals surface area (Å²) >= 11 is 6.01. The SMILES string of the molecule is C[C@H](NC[C@H](O)c1ccco1)c1nc2cc(Cl)ccc2n1C. The minimum absolute atomic E-state index is 0.0132. The van der Waals surface area contributed by atoms with Crippen molar-refractivity contribution in [2.24, 2.45) is 7.05 Å². The predicted octanol–water partition coefficient (Wildman–Crippen LogP) is 3.20. The van der Waals surface area contributed by atoms with Gasteiger partial charge in [0.25, 0.3) is 0 Å². The first-order chi connectivity index (χ1) is 10.6.